The number of benzene rings is 1. The Kier molecular flexibility index (Phi) is 9.42. The van der Waals surface area contributed by atoms with Gasteiger partial charge in [-0.2, -0.15) is 0 Å². The lowest BCUT2D eigenvalue weighted by molar-refractivity contribution is -0.137. The van der Waals surface area contributed by atoms with E-state index in [4.69, 9.17) is 9.47 Å². The Labute approximate surface area is 206 Å². The molecule has 0 saturated heterocycles. The maximum absolute atomic E-state index is 13.2. The van der Waals surface area contributed by atoms with Crippen LogP contribution >= 0.6 is 0 Å². The molecule has 2 aromatic rings. The van der Waals surface area contributed by atoms with Crippen LogP contribution in [0.3, 0.4) is 0 Å². The quantitative estimate of drug-likeness (QED) is 0.473. The molecule has 1 aromatic heterocycles. The smallest absolute Gasteiger partial charge is 0.410 e. The van der Waals surface area contributed by atoms with Crippen molar-refractivity contribution in [3.05, 3.63) is 54.4 Å². The highest BCUT2D eigenvalue weighted by atomic mass is 16.5. The molecular formula is C26H36N4O5. The van der Waals surface area contributed by atoms with Gasteiger partial charge in [0, 0.05) is 12.4 Å². The molecule has 3 atom stereocenters. The number of aliphatic hydroxyl groups is 1. The van der Waals surface area contributed by atoms with E-state index in [1.165, 1.54) is 12.0 Å². The molecule has 0 radical (unpaired) electrons. The van der Waals surface area contributed by atoms with Gasteiger partial charge in [0.25, 0.3) is 5.91 Å². The van der Waals surface area contributed by atoms with Gasteiger partial charge in [0.1, 0.15) is 6.61 Å². The molecule has 0 aliphatic heterocycles. The van der Waals surface area contributed by atoms with Crippen LogP contribution in [0.1, 0.15) is 64.0 Å². The number of carbonyl (C=O) groups is 2. The largest absolute Gasteiger partial charge is 0.461 e. The van der Waals surface area contributed by atoms with Crippen molar-refractivity contribution in [1.82, 2.24) is 20.2 Å². The van der Waals surface area contributed by atoms with E-state index in [0.717, 1.165) is 24.8 Å². The van der Waals surface area contributed by atoms with Gasteiger partial charge < -0.3 is 19.9 Å². The summed E-state index contributed by atoms with van der Waals surface area (Å²) in [4.78, 5) is 36.0. The fourth-order valence-electron chi connectivity index (χ4n) is 4.52. The van der Waals surface area contributed by atoms with Crippen molar-refractivity contribution in [2.75, 3.05) is 13.7 Å². The number of nitrogens with one attached hydrogen (secondary N) is 1. The van der Waals surface area contributed by atoms with Gasteiger partial charge in [-0.25, -0.2) is 14.8 Å². The van der Waals surface area contributed by atoms with Crippen LogP contribution in [-0.4, -0.2) is 63.4 Å². The number of rotatable bonds is 12. The number of ether oxygens (including phenoxy) is 2. The Morgan fingerprint density at radius 3 is 2.43 bits per heavy atom. The molecule has 1 fully saturated rings. The lowest BCUT2D eigenvalue weighted by Crippen LogP contribution is -2.66. The molecule has 0 spiro atoms. The Morgan fingerprint density at radius 1 is 1.17 bits per heavy atom. The zero-order valence-corrected chi connectivity index (χ0v) is 20.7. The summed E-state index contributed by atoms with van der Waals surface area (Å²) >= 11 is 0. The van der Waals surface area contributed by atoms with Crippen LogP contribution in [0.5, 0.6) is 6.01 Å². The van der Waals surface area contributed by atoms with Gasteiger partial charge in [-0.05, 0) is 44.2 Å². The second kappa shape index (κ2) is 12.5. The first-order valence-corrected chi connectivity index (χ1v) is 12.2. The molecule has 2 amide bonds. The van der Waals surface area contributed by atoms with Crippen LogP contribution < -0.4 is 10.1 Å². The van der Waals surface area contributed by atoms with Gasteiger partial charge in [0.2, 0.25) is 0 Å². The summed E-state index contributed by atoms with van der Waals surface area (Å²) in [6, 6.07) is 10.4. The van der Waals surface area contributed by atoms with Crippen molar-refractivity contribution >= 4 is 12.0 Å². The predicted octanol–water partition coefficient (Wildman–Crippen LogP) is 3.64. The molecule has 190 valence electrons. The summed E-state index contributed by atoms with van der Waals surface area (Å²) < 4.78 is 11.0. The number of methoxy groups -OCH3 is 1. The fraction of sp³-hybridized carbons (Fsp3) is 0.538. The Morgan fingerprint density at radius 2 is 1.86 bits per heavy atom. The highest BCUT2D eigenvalue weighted by Gasteiger charge is 2.51. The molecular weight excluding hydrogens is 448 g/mol. The lowest BCUT2D eigenvalue weighted by Gasteiger charge is -2.52. The van der Waals surface area contributed by atoms with Gasteiger partial charge in [0.15, 0.2) is 6.10 Å². The SMILES string of the molecule is CCCC[C@@H](C(O)C(=O)N[C@H](C)c1ccccc1)N(C(=O)OC)C1(COc2ncccn2)CCC1. The standard InChI is InChI=1S/C26H36N4O5/c1-4-5-13-21(22(31)23(32)29-19(2)20-11-7-6-8-12-20)30(25(33)34-3)26(14-9-15-26)18-35-24-27-16-10-17-28-24/h6-8,10-12,16-17,19,21-22,31H,4-5,9,13-15,18H2,1-3H3,(H,29,32)/t19-,21+,22?/m1/s1. The average molecular weight is 485 g/mol. The molecule has 35 heavy (non-hydrogen) atoms. The van der Waals surface area contributed by atoms with Crippen molar-refractivity contribution in [2.24, 2.45) is 0 Å². The van der Waals surface area contributed by atoms with Gasteiger partial charge in [0.05, 0.1) is 24.7 Å². The van der Waals surface area contributed by atoms with Crippen molar-refractivity contribution in [1.29, 1.82) is 0 Å². The third-order valence-corrected chi connectivity index (χ3v) is 6.66. The van der Waals surface area contributed by atoms with E-state index in [1.54, 1.807) is 18.5 Å². The molecule has 1 heterocycles. The minimum Gasteiger partial charge on any atom is -0.461 e. The minimum atomic E-state index is -1.43. The Balaban J connectivity index is 1.83. The predicted molar refractivity (Wildman–Crippen MR) is 131 cm³/mol. The Bertz CT molecular complexity index is 939. The van der Waals surface area contributed by atoms with E-state index in [1.807, 2.05) is 44.2 Å². The molecule has 1 saturated carbocycles. The van der Waals surface area contributed by atoms with Crippen molar-refractivity contribution in [2.45, 2.75) is 76.1 Å². The van der Waals surface area contributed by atoms with E-state index in [2.05, 4.69) is 15.3 Å². The van der Waals surface area contributed by atoms with Crippen LogP contribution in [0.25, 0.3) is 0 Å². The molecule has 2 N–H and O–H groups in total. The first-order valence-electron chi connectivity index (χ1n) is 12.2. The maximum atomic E-state index is 13.2. The van der Waals surface area contributed by atoms with E-state index in [9.17, 15) is 14.7 Å². The molecule has 9 nitrogen and oxygen atoms in total. The normalized spacial score (nSPS) is 16.8. The van der Waals surface area contributed by atoms with Crippen LogP contribution in [0.4, 0.5) is 4.79 Å². The number of unbranched alkanes of at least 4 members (excludes halogenated alkanes) is 1. The highest BCUT2D eigenvalue weighted by Crippen LogP contribution is 2.41. The monoisotopic (exact) mass is 484 g/mol. The number of nitrogens with zero attached hydrogens (tertiary/aromatic N) is 3. The summed E-state index contributed by atoms with van der Waals surface area (Å²) in [7, 11) is 1.31. The minimum absolute atomic E-state index is 0.142. The highest BCUT2D eigenvalue weighted by molar-refractivity contribution is 5.82. The van der Waals surface area contributed by atoms with Crippen molar-refractivity contribution < 1.29 is 24.2 Å². The molecule has 1 aromatic carbocycles. The average Bonchev–Trinajstić information content (AvgIpc) is 2.87. The summed E-state index contributed by atoms with van der Waals surface area (Å²) in [5.41, 5.74) is 0.200. The Hall–Kier alpha value is -3.20. The number of amides is 2. The first-order chi connectivity index (χ1) is 16.9. The third kappa shape index (κ3) is 6.48. The fourth-order valence-corrected chi connectivity index (χ4v) is 4.52. The molecule has 1 unspecified atom stereocenters. The van der Waals surface area contributed by atoms with Crippen LogP contribution in [0.15, 0.2) is 48.8 Å². The van der Waals surface area contributed by atoms with Crippen molar-refractivity contribution in [3.8, 4) is 6.01 Å². The maximum Gasteiger partial charge on any atom is 0.410 e. The first kappa shape index (κ1) is 26.4. The van der Waals surface area contributed by atoms with E-state index in [0.29, 0.717) is 19.3 Å². The second-order valence-corrected chi connectivity index (χ2v) is 9.03. The van der Waals surface area contributed by atoms with Gasteiger partial charge in [-0.1, -0.05) is 50.1 Å². The van der Waals surface area contributed by atoms with E-state index in [-0.39, 0.29) is 18.7 Å². The number of aliphatic hydroxyl groups excluding tert-OH is 1. The van der Waals surface area contributed by atoms with Crippen LogP contribution in [0, 0.1) is 0 Å². The van der Waals surface area contributed by atoms with Crippen LogP contribution in [0.2, 0.25) is 0 Å². The summed E-state index contributed by atoms with van der Waals surface area (Å²) in [6.45, 7) is 4.03. The number of carbonyl (C=O) groups excluding carboxylic acids is 2. The number of hydrogen-bond donors (Lipinski definition) is 2. The van der Waals surface area contributed by atoms with E-state index >= 15 is 0 Å². The summed E-state index contributed by atoms with van der Waals surface area (Å²) in [5, 5.41) is 14.1. The van der Waals surface area contributed by atoms with Gasteiger partial charge >= 0.3 is 12.1 Å². The molecule has 0 bridgehead atoms. The second-order valence-electron chi connectivity index (χ2n) is 9.03. The molecule has 9 heteroatoms. The topological polar surface area (TPSA) is 114 Å². The lowest BCUT2D eigenvalue weighted by atomic mass is 9.74. The molecule has 3 rings (SSSR count). The van der Waals surface area contributed by atoms with Gasteiger partial charge in [-0.3, -0.25) is 9.69 Å². The molecule has 1 aliphatic carbocycles. The van der Waals surface area contributed by atoms with Crippen molar-refractivity contribution in [3.63, 3.8) is 0 Å². The zero-order valence-electron chi connectivity index (χ0n) is 20.7. The molecule has 1 aliphatic rings. The van der Waals surface area contributed by atoms with Gasteiger partial charge in [-0.15, -0.1) is 0 Å². The number of hydrogen-bond acceptors (Lipinski definition) is 7. The van der Waals surface area contributed by atoms with Crippen LogP contribution in [-0.2, 0) is 9.53 Å². The third-order valence-electron chi connectivity index (χ3n) is 6.66. The number of aromatic nitrogens is 2. The van der Waals surface area contributed by atoms with E-state index < -0.39 is 29.7 Å². The summed E-state index contributed by atoms with van der Waals surface area (Å²) in [6.07, 6.45) is 5.38. The zero-order chi connectivity index (χ0) is 25.3. The summed E-state index contributed by atoms with van der Waals surface area (Å²) in [5.74, 6) is -0.529.